The van der Waals surface area contributed by atoms with Gasteiger partial charge in [0, 0.05) is 11.1 Å². The van der Waals surface area contributed by atoms with Gasteiger partial charge in [-0.25, -0.2) is 9.59 Å². The summed E-state index contributed by atoms with van der Waals surface area (Å²) in [6.45, 7) is 10.2. The van der Waals surface area contributed by atoms with Gasteiger partial charge in [0.1, 0.15) is 18.6 Å². The summed E-state index contributed by atoms with van der Waals surface area (Å²) < 4.78 is 44.9. The van der Waals surface area contributed by atoms with E-state index in [1.54, 1.807) is 0 Å². The Kier molecular flexibility index (Phi) is 13.3. The largest absolute Gasteiger partial charge is 0.465 e. The molecule has 28 heavy (non-hydrogen) atoms. The molecule has 1 N–H and O–H groups in total. The van der Waals surface area contributed by atoms with Gasteiger partial charge in [-0.3, -0.25) is 9.35 Å². The van der Waals surface area contributed by atoms with Crippen LogP contribution in [0.1, 0.15) is 33.6 Å². The predicted molar refractivity (Wildman–Crippen MR) is 105 cm³/mol. The van der Waals surface area contributed by atoms with Crippen molar-refractivity contribution in [3.05, 3.63) is 24.3 Å². The fourth-order valence-corrected chi connectivity index (χ4v) is 2.15. The first-order valence-electron chi connectivity index (χ1n) is 8.06. The Morgan fingerprint density at radius 2 is 1.36 bits per heavy atom. The van der Waals surface area contributed by atoms with E-state index in [-0.39, 0.29) is 53.6 Å². The first kappa shape index (κ1) is 28.8. The highest BCUT2D eigenvalue weighted by Crippen LogP contribution is 2.21. The second-order valence-electron chi connectivity index (χ2n) is 6.40. The molecule has 0 saturated heterocycles. The van der Waals surface area contributed by atoms with Crippen LogP contribution < -0.4 is 0 Å². The van der Waals surface area contributed by atoms with E-state index >= 15 is 0 Å². The molecule has 0 spiro atoms. The highest BCUT2D eigenvalue weighted by Gasteiger charge is 2.38. The Labute approximate surface area is 181 Å². The van der Waals surface area contributed by atoms with Crippen molar-refractivity contribution in [1.82, 2.24) is 0 Å². The quantitative estimate of drug-likeness (QED) is 0.117. The third kappa shape index (κ3) is 12.1. The molecular weight excluding hydrogens is 405 g/mol. The lowest BCUT2D eigenvalue weighted by Crippen LogP contribution is -2.40. The molecule has 0 atom stereocenters. The minimum absolute atomic E-state index is 0. The number of carbonyl (C=O) groups is 3. The molecule has 0 heterocycles. The Balaban J connectivity index is 0. The Morgan fingerprint density at radius 3 is 1.71 bits per heavy atom. The van der Waals surface area contributed by atoms with Crippen LogP contribution in [0.2, 0.25) is 0 Å². The van der Waals surface area contributed by atoms with Gasteiger partial charge in [0.2, 0.25) is 0 Å². The highest BCUT2D eigenvalue weighted by atomic mass is 32.2. The summed E-state index contributed by atoms with van der Waals surface area (Å²) >= 11 is 0. The first-order chi connectivity index (χ1) is 12.3. The Hall–Kier alpha value is -1.43. The molecule has 0 aliphatic heterocycles. The molecule has 0 aliphatic carbocycles. The van der Waals surface area contributed by atoms with E-state index < -0.39 is 52.4 Å². The zero-order valence-electron chi connectivity index (χ0n) is 15.8. The molecule has 11 heteroatoms. The number of rotatable bonds is 12. The summed E-state index contributed by atoms with van der Waals surface area (Å²) in [5.41, 5.74) is -1.20. The monoisotopic (exact) mass is 432 g/mol. The third-order valence-corrected chi connectivity index (χ3v) is 4.07. The van der Waals surface area contributed by atoms with Crippen LogP contribution in [0.4, 0.5) is 0 Å². The van der Waals surface area contributed by atoms with E-state index in [4.69, 9.17) is 18.8 Å². The maximum atomic E-state index is 12.4. The summed E-state index contributed by atoms with van der Waals surface area (Å²) in [6.07, 6.45) is 0.289. The molecule has 0 unspecified atom stereocenters. The van der Waals surface area contributed by atoms with Crippen LogP contribution in [0.5, 0.6) is 0 Å². The van der Waals surface area contributed by atoms with Crippen molar-refractivity contribution in [3.63, 3.8) is 0 Å². The standard InChI is InChI=1S/C17H26O9S.Mg.2H/c1-12(2)14(18)25-10-17(5,11-26-15(19)13(3)4)16(20)24-8-6-7-9-27(21,22)23;;;/h1,3,6-11H2,2,4-5H3,(H,21,22,23);;;. The maximum Gasteiger partial charge on any atom is 0.333 e. The van der Waals surface area contributed by atoms with Crippen molar-refractivity contribution in [2.75, 3.05) is 25.6 Å². The average molecular weight is 433 g/mol. The molecule has 0 fully saturated rings. The number of unbranched alkanes of at least 4 members (excludes halogenated alkanes) is 1. The molecule has 0 radical (unpaired) electrons. The summed E-state index contributed by atoms with van der Waals surface area (Å²) in [4.78, 5) is 35.5. The number of hydrogen-bond donors (Lipinski definition) is 1. The van der Waals surface area contributed by atoms with Crippen molar-refractivity contribution >= 4 is 51.1 Å². The van der Waals surface area contributed by atoms with E-state index in [1.165, 1.54) is 20.8 Å². The van der Waals surface area contributed by atoms with Gasteiger partial charge in [-0.1, -0.05) is 13.2 Å². The molecule has 0 saturated carbocycles. The van der Waals surface area contributed by atoms with Crippen LogP contribution >= 0.6 is 0 Å². The maximum absolute atomic E-state index is 12.4. The zero-order chi connectivity index (χ0) is 21.3. The van der Waals surface area contributed by atoms with E-state index in [1.807, 2.05) is 0 Å². The third-order valence-electron chi connectivity index (χ3n) is 3.26. The molecule has 158 valence electrons. The fourth-order valence-electron chi connectivity index (χ4n) is 1.58. The van der Waals surface area contributed by atoms with Crippen LogP contribution in [0.15, 0.2) is 24.3 Å². The molecule has 0 rings (SSSR count). The van der Waals surface area contributed by atoms with Crippen LogP contribution in [0, 0.1) is 5.41 Å². The normalized spacial score (nSPS) is 11.0. The van der Waals surface area contributed by atoms with E-state index in [9.17, 15) is 22.8 Å². The van der Waals surface area contributed by atoms with Crippen molar-refractivity contribution in [1.29, 1.82) is 0 Å². The van der Waals surface area contributed by atoms with E-state index in [0.29, 0.717) is 0 Å². The minimum Gasteiger partial charge on any atom is -0.465 e. The van der Waals surface area contributed by atoms with Gasteiger partial charge in [-0.2, -0.15) is 8.42 Å². The lowest BCUT2D eigenvalue weighted by atomic mass is 9.93. The molecule has 0 bridgehead atoms. The molecule has 0 aliphatic rings. The van der Waals surface area contributed by atoms with Gasteiger partial charge >= 0.3 is 41.0 Å². The molecular formula is C17H28MgO9S. The van der Waals surface area contributed by atoms with Gasteiger partial charge in [-0.15, -0.1) is 0 Å². The van der Waals surface area contributed by atoms with Crippen LogP contribution in [-0.2, 0) is 38.7 Å². The second kappa shape index (κ2) is 12.9. The summed E-state index contributed by atoms with van der Waals surface area (Å²) in [5, 5.41) is 0. The van der Waals surface area contributed by atoms with Crippen molar-refractivity contribution < 1.29 is 41.6 Å². The smallest absolute Gasteiger partial charge is 0.333 e. The summed E-state index contributed by atoms with van der Waals surface area (Å²) in [6, 6.07) is 0. The molecule has 0 amide bonds. The second-order valence-corrected chi connectivity index (χ2v) is 7.97. The van der Waals surface area contributed by atoms with E-state index in [0.717, 1.165) is 0 Å². The Bertz CT molecular complexity index is 667. The van der Waals surface area contributed by atoms with Crippen molar-refractivity contribution in [2.24, 2.45) is 5.41 Å². The molecule has 0 aromatic heterocycles. The fraction of sp³-hybridized carbons (Fsp3) is 0.588. The topological polar surface area (TPSA) is 133 Å². The molecule has 9 nitrogen and oxygen atoms in total. The average Bonchev–Trinajstić information content (AvgIpc) is 2.55. The zero-order valence-corrected chi connectivity index (χ0v) is 16.6. The summed E-state index contributed by atoms with van der Waals surface area (Å²) in [5.74, 6) is -2.67. The van der Waals surface area contributed by atoms with Gasteiger partial charge < -0.3 is 14.2 Å². The van der Waals surface area contributed by atoms with Gasteiger partial charge in [0.15, 0.2) is 0 Å². The first-order valence-corrected chi connectivity index (χ1v) is 9.67. The van der Waals surface area contributed by atoms with Crippen LogP contribution in [0.3, 0.4) is 0 Å². The van der Waals surface area contributed by atoms with Crippen molar-refractivity contribution in [2.45, 2.75) is 33.6 Å². The lowest BCUT2D eigenvalue weighted by Gasteiger charge is -2.26. The van der Waals surface area contributed by atoms with Crippen molar-refractivity contribution in [3.8, 4) is 0 Å². The van der Waals surface area contributed by atoms with Gasteiger partial charge in [0.25, 0.3) is 10.1 Å². The lowest BCUT2D eigenvalue weighted by molar-refractivity contribution is -0.168. The van der Waals surface area contributed by atoms with E-state index in [2.05, 4.69) is 13.2 Å². The predicted octanol–water partition coefficient (Wildman–Crippen LogP) is 0.526. The Morgan fingerprint density at radius 1 is 0.929 bits per heavy atom. The molecule has 0 aromatic carbocycles. The number of carbonyl (C=O) groups excluding carboxylic acids is 3. The van der Waals surface area contributed by atoms with Gasteiger partial charge in [-0.05, 0) is 33.6 Å². The minimum atomic E-state index is -4.08. The van der Waals surface area contributed by atoms with Gasteiger partial charge in [0.05, 0.1) is 12.4 Å². The number of esters is 3. The van der Waals surface area contributed by atoms with Crippen LogP contribution in [0.25, 0.3) is 0 Å². The number of hydrogen-bond acceptors (Lipinski definition) is 8. The SMILES string of the molecule is C=C(C)C(=O)OCC(C)(COC(=O)C(=C)C)C(=O)OCCCCS(=O)(=O)O.[MgH2]. The summed E-state index contributed by atoms with van der Waals surface area (Å²) in [7, 11) is -4.08. The number of ether oxygens (including phenoxy) is 3. The molecule has 0 aromatic rings. The highest BCUT2D eigenvalue weighted by molar-refractivity contribution is 7.85. The van der Waals surface area contributed by atoms with Crippen LogP contribution in [-0.4, -0.2) is 79.5 Å².